The largest absolute Gasteiger partial charge is 0.293 e. The van der Waals surface area contributed by atoms with Crippen molar-refractivity contribution in [3.63, 3.8) is 0 Å². The van der Waals surface area contributed by atoms with E-state index in [1.165, 1.54) is 6.20 Å². The summed E-state index contributed by atoms with van der Waals surface area (Å²) in [5, 5.41) is 0.122. The van der Waals surface area contributed by atoms with Gasteiger partial charge >= 0.3 is 0 Å². The maximum Gasteiger partial charge on any atom is 0.180 e. The number of pyridine rings is 1. The molecule has 0 amide bonds. The molecule has 0 saturated carbocycles. The number of hydrogen-bond acceptors (Lipinski definition) is 3. The predicted molar refractivity (Wildman–Crippen MR) is 67.0 cm³/mol. The van der Waals surface area contributed by atoms with E-state index in [1.807, 2.05) is 0 Å². The van der Waals surface area contributed by atoms with Crippen LogP contribution < -0.4 is 0 Å². The number of ketones is 2. The number of benzene rings is 1. The van der Waals surface area contributed by atoms with Gasteiger partial charge < -0.3 is 0 Å². The molecule has 5 heteroatoms. The number of carbonyl (C=O) groups is 2. The zero-order chi connectivity index (χ0) is 13.6. The summed E-state index contributed by atoms with van der Waals surface area (Å²) in [5.41, 5.74) is 0.456. The van der Waals surface area contributed by atoms with Gasteiger partial charge in [0, 0.05) is 17.3 Å². The minimum atomic E-state index is -1.20. The van der Waals surface area contributed by atoms with Crippen LogP contribution in [0.25, 0.3) is 0 Å². The van der Waals surface area contributed by atoms with Crippen molar-refractivity contribution < 1.29 is 14.0 Å². The molecule has 0 fully saturated rings. The Morgan fingerprint density at radius 3 is 2.21 bits per heavy atom. The molecule has 1 aliphatic rings. The summed E-state index contributed by atoms with van der Waals surface area (Å²) >= 11 is 5.61. The highest BCUT2D eigenvalue weighted by atomic mass is 35.5. The van der Waals surface area contributed by atoms with Crippen LogP contribution in [-0.4, -0.2) is 16.6 Å². The Balaban J connectivity index is 2.14. The van der Waals surface area contributed by atoms with Gasteiger partial charge in [-0.05, 0) is 6.07 Å². The molecule has 3 nitrogen and oxygen atoms in total. The van der Waals surface area contributed by atoms with Gasteiger partial charge in [-0.15, -0.1) is 0 Å². The van der Waals surface area contributed by atoms with Crippen molar-refractivity contribution in [3.8, 4) is 0 Å². The fourth-order valence-electron chi connectivity index (χ4n) is 2.23. The molecule has 1 aromatic carbocycles. The molecule has 0 radical (unpaired) electrons. The maximum atomic E-state index is 13.8. The third kappa shape index (κ3) is 1.76. The van der Waals surface area contributed by atoms with Gasteiger partial charge in [-0.1, -0.05) is 35.9 Å². The Morgan fingerprint density at radius 1 is 1.11 bits per heavy atom. The second-order valence-corrected chi connectivity index (χ2v) is 4.66. The average molecular weight is 276 g/mol. The number of nitrogens with zero attached hydrogens (tertiary/aromatic N) is 1. The molecule has 0 N–H and O–H groups in total. The zero-order valence-electron chi connectivity index (χ0n) is 9.56. The highest BCUT2D eigenvalue weighted by molar-refractivity contribution is 6.31. The Hall–Kier alpha value is -2.07. The molecule has 0 atom stereocenters. The molecular formula is C14H7ClFNO2. The number of Topliss-reactive ketones (excluding diaryl/α,β-unsaturated/α-hetero) is 2. The standard InChI is InChI=1S/C14H7ClFNO2/c15-7-5-10(16)12(17-6-7)11-13(18)8-3-1-2-4-9(8)14(11)19/h1-6,11H. The second-order valence-electron chi connectivity index (χ2n) is 4.23. The zero-order valence-corrected chi connectivity index (χ0v) is 10.3. The summed E-state index contributed by atoms with van der Waals surface area (Å²) in [4.78, 5) is 28.2. The molecule has 0 bridgehead atoms. The third-order valence-corrected chi connectivity index (χ3v) is 3.30. The number of carbonyl (C=O) groups excluding carboxylic acids is 2. The van der Waals surface area contributed by atoms with E-state index >= 15 is 0 Å². The smallest absolute Gasteiger partial charge is 0.180 e. The average Bonchev–Trinajstić information content (AvgIpc) is 2.64. The number of fused-ring (bicyclic) bond motifs is 1. The van der Waals surface area contributed by atoms with Crippen LogP contribution in [0.5, 0.6) is 0 Å². The minimum Gasteiger partial charge on any atom is -0.293 e. The van der Waals surface area contributed by atoms with Crippen LogP contribution in [0.4, 0.5) is 4.39 Å². The van der Waals surface area contributed by atoms with Gasteiger partial charge in [0.05, 0.1) is 10.7 Å². The summed E-state index contributed by atoms with van der Waals surface area (Å²) in [6.07, 6.45) is 1.23. The lowest BCUT2D eigenvalue weighted by Crippen LogP contribution is -2.16. The van der Waals surface area contributed by atoms with E-state index in [2.05, 4.69) is 4.98 Å². The first-order valence-corrected chi connectivity index (χ1v) is 5.96. The first-order chi connectivity index (χ1) is 9.09. The van der Waals surface area contributed by atoms with Crippen LogP contribution >= 0.6 is 11.6 Å². The predicted octanol–water partition coefficient (Wildman–Crippen LogP) is 3.04. The molecule has 0 saturated heterocycles. The fraction of sp³-hybridized carbons (Fsp3) is 0.0714. The maximum absolute atomic E-state index is 13.8. The van der Waals surface area contributed by atoms with E-state index in [1.54, 1.807) is 24.3 Å². The van der Waals surface area contributed by atoms with E-state index in [-0.39, 0.29) is 10.7 Å². The first kappa shape index (κ1) is 12.0. The molecular weight excluding hydrogens is 269 g/mol. The van der Waals surface area contributed by atoms with Crippen molar-refractivity contribution in [2.24, 2.45) is 0 Å². The normalized spacial score (nSPS) is 14.8. The topological polar surface area (TPSA) is 47.0 Å². The molecule has 1 aliphatic carbocycles. The van der Waals surface area contributed by atoms with Crippen LogP contribution in [0.2, 0.25) is 5.02 Å². The van der Waals surface area contributed by atoms with Crippen molar-refractivity contribution in [3.05, 3.63) is 64.2 Å². The van der Waals surface area contributed by atoms with Crippen molar-refractivity contribution in [2.45, 2.75) is 5.92 Å². The van der Waals surface area contributed by atoms with E-state index < -0.39 is 23.3 Å². The SMILES string of the molecule is O=C1c2ccccc2C(=O)C1c1ncc(Cl)cc1F. The third-order valence-electron chi connectivity index (χ3n) is 3.09. The van der Waals surface area contributed by atoms with Crippen LogP contribution in [0.1, 0.15) is 32.3 Å². The second kappa shape index (κ2) is 4.24. The molecule has 0 aliphatic heterocycles. The molecule has 3 rings (SSSR count). The molecule has 1 heterocycles. The van der Waals surface area contributed by atoms with E-state index in [0.29, 0.717) is 11.1 Å². The first-order valence-electron chi connectivity index (χ1n) is 5.58. The number of hydrogen-bond donors (Lipinski definition) is 0. The summed E-state index contributed by atoms with van der Waals surface area (Å²) in [6.45, 7) is 0. The van der Waals surface area contributed by atoms with Crippen molar-refractivity contribution in [2.75, 3.05) is 0 Å². The van der Waals surface area contributed by atoms with Gasteiger partial charge in [-0.3, -0.25) is 14.6 Å². The number of rotatable bonds is 1. The Bertz CT molecular complexity index is 679. The van der Waals surface area contributed by atoms with Gasteiger partial charge in [0.2, 0.25) is 0 Å². The fourth-order valence-corrected chi connectivity index (χ4v) is 2.37. The van der Waals surface area contributed by atoms with Crippen LogP contribution in [0.3, 0.4) is 0 Å². The summed E-state index contributed by atoms with van der Waals surface area (Å²) in [6, 6.07) is 7.50. The van der Waals surface area contributed by atoms with Crippen LogP contribution in [-0.2, 0) is 0 Å². The van der Waals surface area contributed by atoms with Crippen molar-refractivity contribution in [1.82, 2.24) is 4.98 Å². The molecule has 0 spiro atoms. The van der Waals surface area contributed by atoms with E-state index in [4.69, 9.17) is 11.6 Å². The Morgan fingerprint density at radius 2 is 1.68 bits per heavy atom. The summed E-state index contributed by atoms with van der Waals surface area (Å²) in [7, 11) is 0. The van der Waals surface area contributed by atoms with Crippen LogP contribution in [0.15, 0.2) is 36.5 Å². The molecule has 2 aromatic rings. The van der Waals surface area contributed by atoms with Gasteiger partial charge in [0.25, 0.3) is 0 Å². The lowest BCUT2D eigenvalue weighted by Gasteiger charge is -2.07. The number of aromatic nitrogens is 1. The lowest BCUT2D eigenvalue weighted by molar-refractivity contribution is 0.0885. The molecule has 94 valence electrons. The van der Waals surface area contributed by atoms with Gasteiger partial charge in [-0.25, -0.2) is 4.39 Å². The van der Waals surface area contributed by atoms with Crippen LogP contribution in [0, 0.1) is 5.82 Å². The van der Waals surface area contributed by atoms with Crippen molar-refractivity contribution >= 4 is 23.2 Å². The quantitative estimate of drug-likeness (QED) is 0.752. The highest BCUT2D eigenvalue weighted by Gasteiger charge is 2.41. The Kier molecular flexibility index (Phi) is 2.68. The Labute approximate surface area is 113 Å². The van der Waals surface area contributed by atoms with Crippen molar-refractivity contribution in [1.29, 1.82) is 0 Å². The van der Waals surface area contributed by atoms with Gasteiger partial charge in [-0.2, -0.15) is 0 Å². The van der Waals surface area contributed by atoms with Gasteiger partial charge in [0.1, 0.15) is 11.7 Å². The molecule has 19 heavy (non-hydrogen) atoms. The lowest BCUT2D eigenvalue weighted by atomic mass is 9.99. The summed E-state index contributed by atoms with van der Waals surface area (Å²) < 4.78 is 13.8. The molecule has 1 aromatic heterocycles. The van der Waals surface area contributed by atoms with E-state index in [0.717, 1.165) is 6.07 Å². The minimum absolute atomic E-state index is 0.122. The van der Waals surface area contributed by atoms with E-state index in [9.17, 15) is 14.0 Å². The monoisotopic (exact) mass is 275 g/mol. The highest BCUT2D eigenvalue weighted by Crippen LogP contribution is 2.34. The summed E-state index contributed by atoms with van der Waals surface area (Å²) in [5.74, 6) is -2.79. The van der Waals surface area contributed by atoms with Gasteiger partial charge in [0.15, 0.2) is 11.6 Å². The number of halogens is 2. The molecule has 0 unspecified atom stereocenters.